The smallest absolute Gasteiger partial charge is 0.195 e. The van der Waals surface area contributed by atoms with Gasteiger partial charge in [0.15, 0.2) is 17.5 Å². The summed E-state index contributed by atoms with van der Waals surface area (Å²) in [6.07, 6.45) is 4.35. The maximum Gasteiger partial charge on any atom is 0.195 e. The minimum absolute atomic E-state index is 0. The molecule has 1 aromatic heterocycles. The zero-order valence-electron chi connectivity index (χ0n) is 16.6. The molecule has 1 aliphatic rings. The molecule has 1 aromatic carbocycles. The van der Waals surface area contributed by atoms with E-state index in [0.717, 1.165) is 24.6 Å². The van der Waals surface area contributed by atoms with Crippen molar-refractivity contribution in [1.29, 1.82) is 0 Å². The molecule has 3 rings (SSSR count). The number of benzene rings is 1. The number of hydrogen-bond acceptors (Lipinski definition) is 5. The summed E-state index contributed by atoms with van der Waals surface area (Å²) in [5.74, 6) is 3.09. The first-order valence-corrected chi connectivity index (χ1v) is 9.13. The molecule has 2 heterocycles. The fourth-order valence-corrected chi connectivity index (χ4v) is 3.11. The van der Waals surface area contributed by atoms with Crippen LogP contribution in [-0.2, 0) is 6.54 Å². The Hall–Kier alpha value is -2.23. The van der Waals surface area contributed by atoms with Gasteiger partial charge in [-0.15, -0.1) is 24.0 Å². The number of rotatable bonds is 6. The maximum atomic E-state index is 5.35. The Kier molecular flexibility index (Phi) is 8.62. The Balaban J connectivity index is 0.00000280. The lowest BCUT2D eigenvalue weighted by Gasteiger charge is -2.17. The van der Waals surface area contributed by atoms with E-state index in [1.54, 1.807) is 21.3 Å². The van der Waals surface area contributed by atoms with Gasteiger partial charge in [0.05, 0.1) is 14.2 Å². The molecule has 7 nitrogen and oxygen atoms in total. The van der Waals surface area contributed by atoms with Crippen LogP contribution in [0.5, 0.6) is 11.5 Å². The number of aliphatic imine (C=N–C) groups is 1. The van der Waals surface area contributed by atoms with Crippen LogP contribution in [0.2, 0.25) is 0 Å². The molecular weight excluding hydrogens is 469 g/mol. The lowest BCUT2D eigenvalue weighted by Crippen LogP contribution is -2.30. The SMILES string of the molecule is CN=C(NCc1ccnc(N2CCCC2)c1)Nc1ccc(OC)c(OC)c1.I. The molecule has 1 saturated heterocycles. The predicted molar refractivity (Wildman–Crippen MR) is 124 cm³/mol. The van der Waals surface area contributed by atoms with Crippen molar-refractivity contribution in [3.05, 3.63) is 42.1 Å². The molecule has 8 heteroatoms. The van der Waals surface area contributed by atoms with E-state index in [9.17, 15) is 0 Å². The highest BCUT2D eigenvalue weighted by molar-refractivity contribution is 14.0. The Morgan fingerprint density at radius 1 is 1.11 bits per heavy atom. The van der Waals surface area contributed by atoms with E-state index >= 15 is 0 Å². The molecular formula is C20H28IN5O2. The number of methoxy groups -OCH3 is 2. The van der Waals surface area contributed by atoms with Gasteiger partial charge in [-0.1, -0.05) is 0 Å². The molecule has 0 spiro atoms. The molecule has 0 atom stereocenters. The van der Waals surface area contributed by atoms with Gasteiger partial charge in [-0.3, -0.25) is 4.99 Å². The lowest BCUT2D eigenvalue weighted by atomic mass is 10.2. The standard InChI is InChI=1S/C20H27N5O2.HI/c1-21-20(24-16-6-7-17(26-2)18(13-16)27-3)23-14-15-8-9-22-19(12-15)25-10-4-5-11-25;/h6-9,12-13H,4-5,10-11,14H2,1-3H3,(H2,21,23,24);1H. The summed E-state index contributed by atoms with van der Waals surface area (Å²) < 4.78 is 10.6. The topological polar surface area (TPSA) is 71.0 Å². The number of anilines is 2. The van der Waals surface area contributed by atoms with Crippen LogP contribution in [0.1, 0.15) is 18.4 Å². The normalized spacial score (nSPS) is 13.7. The van der Waals surface area contributed by atoms with E-state index in [0.29, 0.717) is 24.0 Å². The minimum Gasteiger partial charge on any atom is -0.493 e. The minimum atomic E-state index is 0. The van der Waals surface area contributed by atoms with Crippen molar-refractivity contribution in [3.8, 4) is 11.5 Å². The molecule has 0 radical (unpaired) electrons. The van der Waals surface area contributed by atoms with Crippen LogP contribution in [0.4, 0.5) is 11.5 Å². The molecule has 1 aliphatic heterocycles. The number of nitrogens with one attached hydrogen (secondary N) is 2. The van der Waals surface area contributed by atoms with Gasteiger partial charge in [-0.05, 0) is 42.7 Å². The summed E-state index contributed by atoms with van der Waals surface area (Å²) in [6.45, 7) is 2.84. The van der Waals surface area contributed by atoms with Gasteiger partial charge in [-0.25, -0.2) is 4.98 Å². The third-order valence-corrected chi connectivity index (χ3v) is 4.57. The average Bonchev–Trinajstić information content (AvgIpc) is 3.26. The van der Waals surface area contributed by atoms with E-state index in [4.69, 9.17) is 9.47 Å². The highest BCUT2D eigenvalue weighted by atomic mass is 127. The van der Waals surface area contributed by atoms with Gasteiger partial charge >= 0.3 is 0 Å². The molecule has 0 aliphatic carbocycles. The highest BCUT2D eigenvalue weighted by Crippen LogP contribution is 2.29. The Labute approximate surface area is 183 Å². The van der Waals surface area contributed by atoms with E-state index in [-0.39, 0.29) is 24.0 Å². The summed E-state index contributed by atoms with van der Waals surface area (Å²) >= 11 is 0. The van der Waals surface area contributed by atoms with Crippen LogP contribution in [0.25, 0.3) is 0 Å². The summed E-state index contributed by atoms with van der Waals surface area (Å²) in [7, 11) is 4.99. The summed E-state index contributed by atoms with van der Waals surface area (Å²) in [4.78, 5) is 11.1. The number of ether oxygens (including phenoxy) is 2. The number of hydrogen-bond donors (Lipinski definition) is 2. The quantitative estimate of drug-likeness (QED) is 0.362. The van der Waals surface area contributed by atoms with E-state index in [2.05, 4.69) is 31.6 Å². The molecule has 0 bridgehead atoms. The molecule has 28 heavy (non-hydrogen) atoms. The third kappa shape index (κ3) is 5.63. The number of aromatic nitrogens is 1. The Morgan fingerprint density at radius 2 is 1.86 bits per heavy atom. The molecule has 152 valence electrons. The van der Waals surface area contributed by atoms with Gasteiger partial charge in [0.2, 0.25) is 0 Å². The number of pyridine rings is 1. The second kappa shape index (κ2) is 10.9. The highest BCUT2D eigenvalue weighted by Gasteiger charge is 2.13. The first kappa shape index (κ1) is 22.1. The summed E-state index contributed by atoms with van der Waals surface area (Å²) in [5, 5.41) is 6.61. The van der Waals surface area contributed by atoms with Crippen molar-refractivity contribution in [1.82, 2.24) is 10.3 Å². The molecule has 0 amide bonds. The summed E-state index contributed by atoms with van der Waals surface area (Å²) in [6, 6.07) is 9.83. The largest absolute Gasteiger partial charge is 0.493 e. The molecule has 2 aromatic rings. The fourth-order valence-electron chi connectivity index (χ4n) is 3.11. The Bertz CT molecular complexity index is 794. The van der Waals surface area contributed by atoms with E-state index < -0.39 is 0 Å². The van der Waals surface area contributed by atoms with Crippen molar-refractivity contribution >= 4 is 41.4 Å². The average molecular weight is 497 g/mol. The maximum absolute atomic E-state index is 5.35. The summed E-state index contributed by atoms with van der Waals surface area (Å²) in [5.41, 5.74) is 2.04. The monoisotopic (exact) mass is 497 g/mol. The van der Waals surface area contributed by atoms with Crippen molar-refractivity contribution in [2.45, 2.75) is 19.4 Å². The van der Waals surface area contributed by atoms with Crippen LogP contribution >= 0.6 is 24.0 Å². The first-order chi connectivity index (χ1) is 13.2. The zero-order valence-corrected chi connectivity index (χ0v) is 18.9. The lowest BCUT2D eigenvalue weighted by molar-refractivity contribution is 0.355. The van der Waals surface area contributed by atoms with Gasteiger partial charge in [0.25, 0.3) is 0 Å². The number of nitrogens with zero attached hydrogens (tertiary/aromatic N) is 3. The second-order valence-electron chi connectivity index (χ2n) is 6.34. The Morgan fingerprint density at radius 3 is 2.54 bits per heavy atom. The van der Waals surface area contributed by atoms with Crippen molar-refractivity contribution in [2.75, 3.05) is 44.6 Å². The van der Waals surface area contributed by atoms with Gasteiger partial charge in [0, 0.05) is 44.6 Å². The van der Waals surface area contributed by atoms with Gasteiger partial charge < -0.3 is 25.0 Å². The third-order valence-electron chi connectivity index (χ3n) is 4.57. The molecule has 0 unspecified atom stereocenters. The van der Waals surface area contributed by atoms with Crippen molar-refractivity contribution < 1.29 is 9.47 Å². The van der Waals surface area contributed by atoms with Crippen LogP contribution in [0.15, 0.2) is 41.5 Å². The van der Waals surface area contributed by atoms with E-state index in [1.807, 2.05) is 30.5 Å². The molecule has 0 saturated carbocycles. The van der Waals surface area contributed by atoms with Gasteiger partial charge in [0.1, 0.15) is 5.82 Å². The molecule has 1 fully saturated rings. The van der Waals surface area contributed by atoms with Crippen LogP contribution in [0, 0.1) is 0 Å². The van der Waals surface area contributed by atoms with E-state index in [1.165, 1.54) is 18.4 Å². The number of guanidine groups is 1. The van der Waals surface area contributed by atoms with Crippen molar-refractivity contribution in [2.24, 2.45) is 4.99 Å². The van der Waals surface area contributed by atoms with Gasteiger partial charge in [-0.2, -0.15) is 0 Å². The number of halogens is 1. The van der Waals surface area contributed by atoms with Crippen LogP contribution in [-0.4, -0.2) is 45.3 Å². The van der Waals surface area contributed by atoms with Crippen LogP contribution in [0.3, 0.4) is 0 Å². The fraction of sp³-hybridized carbons (Fsp3) is 0.400. The molecule has 2 N–H and O–H groups in total. The van der Waals surface area contributed by atoms with Crippen molar-refractivity contribution in [3.63, 3.8) is 0 Å². The predicted octanol–water partition coefficient (Wildman–Crippen LogP) is 3.50. The van der Waals surface area contributed by atoms with Crippen LogP contribution < -0.4 is 25.0 Å². The first-order valence-electron chi connectivity index (χ1n) is 9.13. The zero-order chi connectivity index (χ0) is 19.1. The second-order valence-corrected chi connectivity index (χ2v) is 6.34.